The number of nitrogens with zero attached hydrogens (tertiary/aromatic N) is 1. The Hall–Kier alpha value is -12.4. The van der Waals surface area contributed by atoms with E-state index in [-0.39, 0.29) is 113 Å². The van der Waals surface area contributed by atoms with Gasteiger partial charge in [-0.2, -0.15) is 0 Å². The molecular formula is C102H144N16O19S2. The molecule has 139 heavy (non-hydrogen) atoms. The molecule has 37 heteroatoms. The number of carbonyl (C=O) groups excluding carboxylic acids is 9. The standard InChI is InChI=1S/C102H144N16O19S2/c1-21-60(4)82(92(125)113-79(94(127)128)54-59(2)3)114-90(123)78(55-67-46-48-71(49-47-67)134-98(11,12)13)112-91(124)80-45-35-53-118(80)93(126)77(44-34-52-107-96(105)117-139(132,133)86-64(8)62(6)84-73(66(86)10)58-101(19,20)136-84)111-89(122)76(43-33-51-106-95(104)116-138(130,131)85-63(7)61(5)83-72(65(85)9)57-100(17,18)135-83)110-88(121)75(42-31-32-50-108-97(129)137-99(14,15)16)109-87(120)74(103)56-81(119)115-102(68-36-25-22-26-37-68,69-38-27-23-28-39-69)70-40-29-24-30-41-70/h22-30,36-41,46-49,59-60,74-80,82H,21,31-35,42-45,50-58,103H2,1-20H3,(H,108,129)(H,109,120)(H,110,121)(H,111,122)(H,112,124)(H,113,125)(H,114,123)(H,115,119)(H,127,128)(H3,104,106,116)(H3,105,107,117)/t60-,74-,75-,76-,77-,78-,79-,80-,82-/m0/s1. The number of likely N-dealkylation sites (tertiary alicyclic amines) is 1. The SMILES string of the molecule is CC[C@H](C)[C@H](NC(=O)[C@H](Cc1ccc(OC(C)(C)C)cc1)NC(=O)[C@@H]1CCCN1C(=O)[C@H](CCCNC(=N)NS(=O)(=O)c1c(C)c(C)c2c(c1C)CC(C)(C)O2)NC(=O)[C@H](CCCNC(=N)NS(=O)(=O)c1c(C)c(C)c2c(c1C)CC(C)(C)O2)NC(=O)[C@H](CCCCNC(=O)OC(C)(C)C)NC(=O)[C@@H](N)CC(=O)NC(c1ccccc1)(c1ccccc1)c1ccccc1)C(=O)N[C@@H](CC(C)C)C(=O)O. The Morgan fingerprint density at radius 3 is 1.42 bits per heavy atom. The van der Waals surface area contributed by atoms with E-state index in [4.69, 9.17) is 35.5 Å². The van der Waals surface area contributed by atoms with Gasteiger partial charge in [-0.3, -0.25) is 49.2 Å². The first-order valence-electron chi connectivity index (χ1n) is 47.7. The number of fused-ring (bicyclic) bond motifs is 2. The maximum atomic E-state index is 16.0. The Morgan fingerprint density at radius 1 is 0.532 bits per heavy atom. The quantitative estimate of drug-likeness (QED) is 0.00731. The van der Waals surface area contributed by atoms with Gasteiger partial charge in [0.15, 0.2) is 0 Å². The van der Waals surface area contributed by atoms with Gasteiger partial charge in [-0.25, -0.2) is 35.9 Å². The predicted molar refractivity (Wildman–Crippen MR) is 530 cm³/mol. The highest BCUT2D eigenvalue weighted by molar-refractivity contribution is 7.90. The van der Waals surface area contributed by atoms with Crippen molar-refractivity contribution in [1.82, 2.24) is 67.5 Å². The second kappa shape index (κ2) is 47.1. The van der Waals surface area contributed by atoms with Gasteiger partial charge in [-0.05, 0) is 255 Å². The molecule has 9 atom stereocenters. The number of carboxylic acids is 1. The summed E-state index contributed by atoms with van der Waals surface area (Å²) in [6.07, 6.45) is -0.927. The number of sulfonamides is 2. The largest absolute Gasteiger partial charge is 0.488 e. The number of carbonyl (C=O) groups is 10. The monoisotopic (exact) mass is 1960 g/mol. The van der Waals surface area contributed by atoms with E-state index in [1.165, 1.54) is 4.90 Å². The highest BCUT2D eigenvalue weighted by Crippen LogP contribution is 2.46. The smallest absolute Gasteiger partial charge is 0.407 e. The lowest BCUT2D eigenvalue weighted by Gasteiger charge is -2.37. The fourth-order valence-electron chi connectivity index (χ4n) is 17.9. The van der Waals surface area contributed by atoms with Crippen molar-refractivity contribution >= 4 is 91.3 Å². The minimum atomic E-state index is -4.48. The van der Waals surface area contributed by atoms with Crippen LogP contribution in [0.3, 0.4) is 0 Å². The van der Waals surface area contributed by atoms with E-state index in [2.05, 4.69) is 62.6 Å². The summed E-state index contributed by atoms with van der Waals surface area (Å²) in [5.41, 5.74) is 9.56. The van der Waals surface area contributed by atoms with Crippen LogP contribution in [0.15, 0.2) is 125 Å². The molecule has 3 heterocycles. The predicted octanol–water partition coefficient (Wildman–Crippen LogP) is 9.85. The summed E-state index contributed by atoms with van der Waals surface area (Å²) in [4.78, 5) is 149. The number of hydrogen-bond acceptors (Lipinski definition) is 21. The summed E-state index contributed by atoms with van der Waals surface area (Å²) in [5.74, 6) is -8.60. The minimum Gasteiger partial charge on any atom is -0.488 e. The molecule has 0 unspecified atom stereocenters. The maximum Gasteiger partial charge on any atom is 0.407 e. The van der Waals surface area contributed by atoms with Crippen LogP contribution in [-0.2, 0) is 92.7 Å². The Labute approximate surface area is 817 Å². The topological polar surface area (TPSA) is 517 Å². The Morgan fingerprint density at radius 2 is 0.971 bits per heavy atom. The molecule has 0 saturated carbocycles. The molecule has 1 fully saturated rings. The molecule has 6 aromatic carbocycles. The number of benzene rings is 6. The van der Waals surface area contributed by atoms with Crippen molar-refractivity contribution in [1.29, 1.82) is 10.8 Å². The summed E-state index contributed by atoms with van der Waals surface area (Å²) < 4.78 is 86.7. The first-order valence-corrected chi connectivity index (χ1v) is 50.7. The molecule has 0 aliphatic carbocycles. The third-order valence-corrected chi connectivity index (χ3v) is 28.3. The summed E-state index contributed by atoms with van der Waals surface area (Å²) in [6.45, 7) is 35.0. The number of aliphatic carboxylic acids is 1. The van der Waals surface area contributed by atoms with Crippen LogP contribution in [-0.4, -0.2) is 195 Å². The molecule has 0 bridgehead atoms. The molecule has 1 saturated heterocycles. The average molecular weight is 1960 g/mol. The van der Waals surface area contributed by atoms with Crippen molar-refractivity contribution < 1.29 is 88.8 Å². The second-order valence-corrected chi connectivity index (χ2v) is 43.5. The minimum absolute atomic E-state index is 0.00670. The van der Waals surface area contributed by atoms with Crippen LogP contribution in [0.5, 0.6) is 17.2 Å². The lowest BCUT2D eigenvalue weighted by Crippen LogP contribution is -2.60. The summed E-state index contributed by atoms with van der Waals surface area (Å²) in [6, 6.07) is 22.4. The van der Waals surface area contributed by atoms with Crippen LogP contribution in [0.2, 0.25) is 0 Å². The molecule has 0 spiro atoms. The molecule has 0 aromatic heterocycles. The first-order chi connectivity index (χ1) is 65.1. The van der Waals surface area contributed by atoms with E-state index in [0.29, 0.717) is 103 Å². The Kier molecular flexibility index (Phi) is 37.3. The number of ether oxygens (including phenoxy) is 4. The van der Waals surface area contributed by atoms with Gasteiger partial charge in [0, 0.05) is 56.6 Å². The zero-order valence-corrected chi connectivity index (χ0v) is 85.4. The molecule has 17 N–H and O–H groups in total. The molecule has 9 amide bonds. The summed E-state index contributed by atoms with van der Waals surface area (Å²) >= 11 is 0. The fraction of sp³-hybridized carbons (Fsp3) is 0.529. The van der Waals surface area contributed by atoms with Gasteiger partial charge < -0.3 is 87.9 Å². The van der Waals surface area contributed by atoms with Gasteiger partial charge in [0.2, 0.25) is 59.2 Å². The normalized spacial score (nSPS) is 16.1. The van der Waals surface area contributed by atoms with E-state index in [0.717, 1.165) is 0 Å². The lowest BCUT2D eigenvalue weighted by molar-refractivity contribution is -0.143. The van der Waals surface area contributed by atoms with E-state index in [1.54, 1.807) is 114 Å². The number of carboxylic acid groups (broad SMARTS) is 1. The Balaban J connectivity index is 1.06. The number of unbranched alkanes of at least 4 members (excludes halogenated alkanes) is 1. The molecule has 3 aliphatic heterocycles. The van der Waals surface area contributed by atoms with Gasteiger partial charge in [0.25, 0.3) is 20.0 Å². The van der Waals surface area contributed by atoms with Crippen LogP contribution in [0.25, 0.3) is 0 Å². The van der Waals surface area contributed by atoms with Crippen LogP contribution in [0.4, 0.5) is 4.79 Å². The van der Waals surface area contributed by atoms with E-state index in [9.17, 15) is 45.9 Å². The Bertz CT molecular complexity index is 5600. The van der Waals surface area contributed by atoms with Crippen molar-refractivity contribution in [3.8, 4) is 17.2 Å². The number of nitrogens with one attached hydrogen (secondary N) is 14. The lowest BCUT2D eigenvalue weighted by atomic mass is 9.77. The molecular weight excluding hydrogens is 1820 g/mol. The number of hydrogen-bond donors (Lipinski definition) is 16. The molecule has 6 aromatic rings. The van der Waals surface area contributed by atoms with E-state index in [1.807, 2.05) is 139 Å². The van der Waals surface area contributed by atoms with Crippen LogP contribution in [0, 0.1) is 64.2 Å². The maximum absolute atomic E-state index is 16.0. The highest BCUT2D eigenvalue weighted by atomic mass is 32.2. The van der Waals surface area contributed by atoms with Crippen molar-refractivity contribution in [3.63, 3.8) is 0 Å². The molecule has 9 rings (SSSR count). The van der Waals surface area contributed by atoms with Crippen molar-refractivity contribution in [3.05, 3.63) is 182 Å². The van der Waals surface area contributed by atoms with Gasteiger partial charge in [-0.1, -0.05) is 137 Å². The van der Waals surface area contributed by atoms with Gasteiger partial charge in [-0.15, -0.1) is 0 Å². The van der Waals surface area contributed by atoms with Crippen molar-refractivity contribution in [2.24, 2.45) is 17.6 Å². The zero-order chi connectivity index (χ0) is 103. The van der Waals surface area contributed by atoms with Crippen LogP contribution in [0.1, 0.15) is 241 Å². The number of alkyl carbamates (subject to hydrolysis) is 1. The highest BCUT2D eigenvalue weighted by Gasteiger charge is 2.45. The number of amides is 9. The average Bonchev–Trinajstić information content (AvgIpc) is 1.68. The third kappa shape index (κ3) is 29.6. The van der Waals surface area contributed by atoms with Gasteiger partial charge in [0.1, 0.15) is 87.5 Å². The van der Waals surface area contributed by atoms with E-state index < -0.39 is 180 Å². The molecule has 3 aliphatic rings. The molecule has 0 radical (unpaired) electrons. The molecule has 35 nitrogen and oxygen atoms in total. The summed E-state index contributed by atoms with van der Waals surface area (Å²) in [5, 5.41) is 56.4. The van der Waals surface area contributed by atoms with Crippen LogP contribution < -0.4 is 82.6 Å². The van der Waals surface area contributed by atoms with Gasteiger partial charge in [0.05, 0.1) is 22.3 Å². The van der Waals surface area contributed by atoms with E-state index >= 15 is 24.0 Å². The zero-order valence-electron chi connectivity index (χ0n) is 83.8. The van der Waals surface area contributed by atoms with Crippen molar-refractivity contribution in [2.75, 3.05) is 26.2 Å². The van der Waals surface area contributed by atoms with Gasteiger partial charge >= 0.3 is 12.1 Å². The number of rotatable bonds is 44. The fourth-order valence-corrected chi connectivity index (χ4v) is 20.9. The second-order valence-electron chi connectivity index (χ2n) is 40.2. The van der Waals surface area contributed by atoms with Crippen LogP contribution >= 0.6 is 0 Å². The van der Waals surface area contributed by atoms with Crippen molar-refractivity contribution in [2.45, 2.75) is 321 Å². The summed E-state index contributed by atoms with van der Waals surface area (Å²) in [7, 11) is -8.96. The third-order valence-electron chi connectivity index (χ3n) is 25.1. The number of guanidine groups is 2. The number of nitrogens with two attached hydrogens (primary N) is 1. The molecule has 758 valence electrons. The first kappa shape index (κ1) is 110.